The number of hydrogen-bond acceptors (Lipinski definition) is 3. The molecule has 0 amide bonds. The van der Waals surface area contributed by atoms with E-state index in [1.807, 2.05) is 12.1 Å². The highest BCUT2D eigenvalue weighted by atomic mass is 16.5. The normalized spacial score (nSPS) is 22.5. The van der Waals surface area contributed by atoms with Gasteiger partial charge in [-0.1, -0.05) is 33.1 Å². The van der Waals surface area contributed by atoms with Gasteiger partial charge in [-0.3, -0.25) is 0 Å². The molecule has 2 atom stereocenters. The van der Waals surface area contributed by atoms with Crippen LogP contribution >= 0.6 is 0 Å². The van der Waals surface area contributed by atoms with E-state index in [0.717, 1.165) is 48.5 Å². The summed E-state index contributed by atoms with van der Waals surface area (Å²) in [6.45, 7) is 6.26. The van der Waals surface area contributed by atoms with Gasteiger partial charge in [0.15, 0.2) is 0 Å². The monoisotopic (exact) mass is 276 g/mol. The molecular weight excluding hydrogens is 248 g/mol. The van der Waals surface area contributed by atoms with Crippen molar-refractivity contribution in [1.29, 1.82) is 0 Å². The lowest BCUT2D eigenvalue weighted by molar-refractivity contribution is 0.268. The Morgan fingerprint density at radius 1 is 1.25 bits per heavy atom. The molecule has 0 radical (unpaired) electrons. The summed E-state index contributed by atoms with van der Waals surface area (Å²) in [6.07, 6.45) is 6.49. The van der Waals surface area contributed by atoms with E-state index in [1.54, 1.807) is 0 Å². The predicted octanol–water partition coefficient (Wildman–Crippen LogP) is 4.30. The van der Waals surface area contributed by atoms with Crippen molar-refractivity contribution < 1.29 is 4.74 Å². The third-order valence-corrected chi connectivity index (χ3v) is 4.26. The SMILES string of the molecule is CCCOc1cc(N)cc(NCC2CCCCC2C)c1. The van der Waals surface area contributed by atoms with Crippen LogP contribution in [0.15, 0.2) is 18.2 Å². The van der Waals surface area contributed by atoms with Crippen LogP contribution in [0.1, 0.15) is 46.0 Å². The average Bonchev–Trinajstić information content (AvgIpc) is 2.44. The molecule has 0 spiro atoms. The molecule has 112 valence electrons. The van der Waals surface area contributed by atoms with E-state index in [4.69, 9.17) is 10.5 Å². The van der Waals surface area contributed by atoms with Crippen molar-refractivity contribution in [2.45, 2.75) is 46.0 Å². The van der Waals surface area contributed by atoms with Crippen LogP contribution in [0, 0.1) is 11.8 Å². The van der Waals surface area contributed by atoms with Crippen LogP contribution in [0.5, 0.6) is 5.75 Å². The van der Waals surface area contributed by atoms with Crippen molar-refractivity contribution in [2.75, 3.05) is 24.2 Å². The molecule has 2 rings (SSSR count). The van der Waals surface area contributed by atoms with Gasteiger partial charge in [0.25, 0.3) is 0 Å². The quantitative estimate of drug-likeness (QED) is 0.762. The number of ether oxygens (including phenoxy) is 1. The highest BCUT2D eigenvalue weighted by Crippen LogP contribution is 2.30. The van der Waals surface area contributed by atoms with E-state index in [-0.39, 0.29) is 0 Å². The molecule has 1 aromatic rings. The molecular formula is C17H28N2O. The second kappa shape index (κ2) is 7.41. The zero-order valence-electron chi connectivity index (χ0n) is 12.8. The summed E-state index contributed by atoms with van der Waals surface area (Å²) in [5, 5.41) is 3.54. The summed E-state index contributed by atoms with van der Waals surface area (Å²) in [7, 11) is 0. The largest absolute Gasteiger partial charge is 0.493 e. The lowest BCUT2D eigenvalue weighted by Gasteiger charge is -2.29. The first-order valence-corrected chi connectivity index (χ1v) is 7.96. The van der Waals surface area contributed by atoms with Gasteiger partial charge in [-0.15, -0.1) is 0 Å². The Balaban J connectivity index is 1.92. The number of nitrogen functional groups attached to an aromatic ring is 1. The molecule has 3 nitrogen and oxygen atoms in total. The molecule has 1 fully saturated rings. The van der Waals surface area contributed by atoms with Crippen molar-refractivity contribution >= 4 is 11.4 Å². The Morgan fingerprint density at radius 2 is 2.05 bits per heavy atom. The zero-order chi connectivity index (χ0) is 14.4. The first-order chi connectivity index (χ1) is 9.69. The molecule has 0 heterocycles. The first-order valence-electron chi connectivity index (χ1n) is 7.96. The summed E-state index contributed by atoms with van der Waals surface area (Å²) >= 11 is 0. The summed E-state index contributed by atoms with van der Waals surface area (Å²) in [5.41, 5.74) is 7.79. The fraction of sp³-hybridized carbons (Fsp3) is 0.647. The lowest BCUT2D eigenvalue weighted by atomic mass is 9.80. The second-order valence-corrected chi connectivity index (χ2v) is 6.04. The van der Waals surface area contributed by atoms with Crippen LogP contribution in [0.4, 0.5) is 11.4 Å². The number of nitrogens with two attached hydrogens (primary N) is 1. The van der Waals surface area contributed by atoms with Crippen molar-refractivity contribution in [3.63, 3.8) is 0 Å². The van der Waals surface area contributed by atoms with Gasteiger partial charge in [0.2, 0.25) is 0 Å². The maximum Gasteiger partial charge on any atom is 0.123 e. The highest BCUT2D eigenvalue weighted by Gasteiger charge is 2.20. The molecule has 1 aromatic carbocycles. The molecule has 3 heteroatoms. The van der Waals surface area contributed by atoms with Crippen molar-refractivity contribution in [1.82, 2.24) is 0 Å². The van der Waals surface area contributed by atoms with E-state index in [1.165, 1.54) is 25.7 Å². The lowest BCUT2D eigenvalue weighted by Crippen LogP contribution is -2.24. The molecule has 3 N–H and O–H groups in total. The third kappa shape index (κ3) is 4.32. The molecule has 1 aliphatic carbocycles. The summed E-state index contributed by atoms with van der Waals surface area (Å²) < 4.78 is 5.67. The van der Waals surface area contributed by atoms with E-state index < -0.39 is 0 Å². The van der Waals surface area contributed by atoms with E-state index in [9.17, 15) is 0 Å². The molecule has 0 aromatic heterocycles. The number of hydrogen-bond donors (Lipinski definition) is 2. The highest BCUT2D eigenvalue weighted by molar-refractivity contribution is 5.59. The molecule has 0 aliphatic heterocycles. The Kier molecular flexibility index (Phi) is 5.57. The summed E-state index contributed by atoms with van der Waals surface area (Å²) in [5.74, 6) is 2.48. The molecule has 2 unspecified atom stereocenters. The minimum atomic E-state index is 0.739. The number of nitrogens with one attached hydrogen (secondary N) is 1. The first kappa shape index (κ1) is 15.0. The molecule has 0 bridgehead atoms. The van der Waals surface area contributed by atoms with Gasteiger partial charge in [0.1, 0.15) is 5.75 Å². The van der Waals surface area contributed by atoms with Crippen LogP contribution < -0.4 is 15.8 Å². The van der Waals surface area contributed by atoms with Gasteiger partial charge >= 0.3 is 0 Å². The van der Waals surface area contributed by atoms with Crippen molar-refractivity contribution in [3.05, 3.63) is 18.2 Å². The standard InChI is InChI=1S/C17H28N2O/c1-3-8-20-17-10-15(18)9-16(11-17)19-12-14-7-5-4-6-13(14)2/h9-11,13-14,19H,3-8,12,18H2,1-2H3. The summed E-state index contributed by atoms with van der Waals surface area (Å²) in [6, 6.07) is 5.94. The average molecular weight is 276 g/mol. The maximum atomic E-state index is 5.95. The minimum absolute atomic E-state index is 0.739. The molecule has 20 heavy (non-hydrogen) atoms. The Bertz CT molecular complexity index is 419. The van der Waals surface area contributed by atoms with Crippen LogP contribution in [0.25, 0.3) is 0 Å². The predicted molar refractivity (Wildman–Crippen MR) is 86.3 cm³/mol. The van der Waals surface area contributed by atoms with Gasteiger partial charge in [0, 0.05) is 30.1 Å². The third-order valence-electron chi connectivity index (χ3n) is 4.26. The molecule has 1 aliphatic rings. The van der Waals surface area contributed by atoms with E-state index >= 15 is 0 Å². The van der Waals surface area contributed by atoms with Crippen molar-refractivity contribution in [3.8, 4) is 5.75 Å². The van der Waals surface area contributed by atoms with Gasteiger partial charge < -0.3 is 15.8 Å². The van der Waals surface area contributed by atoms with Crippen molar-refractivity contribution in [2.24, 2.45) is 11.8 Å². The van der Waals surface area contributed by atoms with Gasteiger partial charge in [-0.05, 0) is 30.7 Å². The van der Waals surface area contributed by atoms with Crippen LogP contribution in [0.3, 0.4) is 0 Å². The van der Waals surface area contributed by atoms with Gasteiger partial charge in [0.05, 0.1) is 6.61 Å². The van der Waals surface area contributed by atoms with Gasteiger partial charge in [-0.25, -0.2) is 0 Å². The molecule has 1 saturated carbocycles. The summed E-state index contributed by atoms with van der Waals surface area (Å²) in [4.78, 5) is 0. The maximum absolute atomic E-state index is 5.95. The Labute approximate surface area is 122 Å². The van der Waals surface area contributed by atoms with Crippen LogP contribution in [0.2, 0.25) is 0 Å². The second-order valence-electron chi connectivity index (χ2n) is 6.04. The van der Waals surface area contributed by atoms with E-state index in [0.29, 0.717) is 0 Å². The van der Waals surface area contributed by atoms with Crippen LogP contribution in [-0.4, -0.2) is 13.2 Å². The Hall–Kier alpha value is -1.38. The topological polar surface area (TPSA) is 47.3 Å². The smallest absolute Gasteiger partial charge is 0.123 e. The van der Waals surface area contributed by atoms with Gasteiger partial charge in [-0.2, -0.15) is 0 Å². The number of rotatable bonds is 6. The Morgan fingerprint density at radius 3 is 2.80 bits per heavy atom. The minimum Gasteiger partial charge on any atom is -0.493 e. The van der Waals surface area contributed by atoms with Crippen LogP contribution in [-0.2, 0) is 0 Å². The van der Waals surface area contributed by atoms with E-state index in [2.05, 4.69) is 25.2 Å². The fourth-order valence-electron chi connectivity index (χ4n) is 2.97. The fourth-order valence-corrected chi connectivity index (χ4v) is 2.97. The number of benzene rings is 1. The molecule has 0 saturated heterocycles. The zero-order valence-corrected chi connectivity index (χ0v) is 12.8. The number of anilines is 2.